The smallest absolute Gasteiger partial charge is 0.186 e. The van der Waals surface area contributed by atoms with E-state index in [1.807, 2.05) is 19.0 Å². The molecule has 1 aliphatic rings. The van der Waals surface area contributed by atoms with Crippen LogP contribution in [0.5, 0.6) is 0 Å². The lowest BCUT2D eigenvalue weighted by Crippen LogP contribution is -2.27. The summed E-state index contributed by atoms with van der Waals surface area (Å²) in [5, 5.41) is 1.61. The van der Waals surface area contributed by atoms with Gasteiger partial charge in [0.05, 0.1) is 4.88 Å². The number of fused-ring (bicyclic) bond motifs is 1. The lowest BCUT2D eigenvalue weighted by atomic mass is 9.87. The van der Waals surface area contributed by atoms with Crippen LogP contribution in [0.3, 0.4) is 0 Å². The standard InChI is InChI=1S/C17H22ClN3S/c1-20(2)17-19-16(18)15(22-17)11-21(3)14-10-6-8-12-7-4-5-9-13(12)14/h4-5,7,9,14H,6,8,10-11H2,1-3H3/t14-/m0/s1. The molecule has 0 spiro atoms. The molecule has 0 N–H and O–H groups in total. The normalized spacial score (nSPS) is 17.6. The Morgan fingerprint density at radius 1 is 1.27 bits per heavy atom. The summed E-state index contributed by atoms with van der Waals surface area (Å²) in [5.41, 5.74) is 2.97. The third-order valence-electron chi connectivity index (χ3n) is 4.28. The van der Waals surface area contributed by atoms with Crippen LogP contribution in [0.25, 0.3) is 0 Å². The third-order valence-corrected chi connectivity index (χ3v) is 5.92. The van der Waals surface area contributed by atoms with Crippen molar-refractivity contribution in [1.29, 1.82) is 0 Å². The summed E-state index contributed by atoms with van der Waals surface area (Å²) >= 11 is 8.00. The quantitative estimate of drug-likeness (QED) is 0.827. The number of nitrogens with zero attached hydrogens (tertiary/aromatic N) is 3. The maximum Gasteiger partial charge on any atom is 0.186 e. The highest BCUT2D eigenvalue weighted by Gasteiger charge is 2.24. The molecule has 0 amide bonds. The second-order valence-corrected chi connectivity index (χ2v) is 7.55. The highest BCUT2D eigenvalue weighted by atomic mass is 35.5. The molecule has 2 aromatic rings. The molecule has 0 radical (unpaired) electrons. The molecule has 1 atom stereocenters. The van der Waals surface area contributed by atoms with Crippen molar-refractivity contribution in [2.24, 2.45) is 0 Å². The van der Waals surface area contributed by atoms with E-state index in [-0.39, 0.29) is 0 Å². The fourth-order valence-corrected chi connectivity index (χ4v) is 4.38. The molecular formula is C17H22ClN3S. The molecule has 1 heterocycles. The number of hydrogen-bond acceptors (Lipinski definition) is 4. The third kappa shape index (κ3) is 3.14. The van der Waals surface area contributed by atoms with E-state index in [9.17, 15) is 0 Å². The first-order valence-electron chi connectivity index (χ1n) is 7.67. The van der Waals surface area contributed by atoms with Gasteiger partial charge in [0.25, 0.3) is 0 Å². The monoisotopic (exact) mass is 335 g/mol. The van der Waals surface area contributed by atoms with Gasteiger partial charge in [0.2, 0.25) is 0 Å². The Hall–Kier alpha value is -1.10. The summed E-state index contributed by atoms with van der Waals surface area (Å²) in [6, 6.07) is 9.30. The minimum absolute atomic E-state index is 0.478. The molecule has 3 nitrogen and oxygen atoms in total. The molecule has 0 aliphatic heterocycles. The lowest BCUT2D eigenvalue weighted by Gasteiger charge is -2.33. The molecule has 5 heteroatoms. The van der Waals surface area contributed by atoms with E-state index in [4.69, 9.17) is 11.6 Å². The Balaban J connectivity index is 1.79. The van der Waals surface area contributed by atoms with Crippen molar-refractivity contribution in [3.8, 4) is 0 Å². The zero-order valence-electron chi connectivity index (χ0n) is 13.3. The average Bonchev–Trinajstić information content (AvgIpc) is 2.88. The van der Waals surface area contributed by atoms with Gasteiger partial charge in [-0.1, -0.05) is 47.2 Å². The molecule has 0 saturated carbocycles. The van der Waals surface area contributed by atoms with Crippen molar-refractivity contribution in [3.05, 3.63) is 45.4 Å². The van der Waals surface area contributed by atoms with Gasteiger partial charge in [0, 0.05) is 26.7 Å². The van der Waals surface area contributed by atoms with Crippen LogP contribution in [0.15, 0.2) is 24.3 Å². The van der Waals surface area contributed by atoms with Gasteiger partial charge in [-0.2, -0.15) is 0 Å². The van der Waals surface area contributed by atoms with Crippen LogP contribution in [-0.2, 0) is 13.0 Å². The van der Waals surface area contributed by atoms with Crippen LogP contribution in [0.2, 0.25) is 5.15 Å². The summed E-state index contributed by atoms with van der Waals surface area (Å²) < 4.78 is 0. The molecule has 1 aromatic heterocycles. The predicted molar refractivity (Wildman–Crippen MR) is 95.0 cm³/mol. The van der Waals surface area contributed by atoms with E-state index in [0.717, 1.165) is 16.6 Å². The van der Waals surface area contributed by atoms with Crippen LogP contribution in [0.4, 0.5) is 5.13 Å². The number of benzene rings is 1. The fourth-order valence-electron chi connectivity index (χ4n) is 3.13. The van der Waals surface area contributed by atoms with E-state index in [1.54, 1.807) is 11.3 Å². The van der Waals surface area contributed by atoms with Gasteiger partial charge >= 0.3 is 0 Å². The highest BCUT2D eigenvalue weighted by molar-refractivity contribution is 7.16. The van der Waals surface area contributed by atoms with Gasteiger partial charge in [-0.05, 0) is 37.4 Å². The van der Waals surface area contributed by atoms with Crippen molar-refractivity contribution in [2.45, 2.75) is 31.8 Å². The van der Waals surface area contributed by atoms with Crippen LogP contribution >= 0.6 is 22.9 Å². The SMILES string of the molecule is CN(C)c1nc(Cl)c(CN(C)[C@H]2CCCc3ccccc32)s1. The fraction of sp³-hybridized carbons (Fsp3) is 0.471. The van der Waals surface area contributed by atoms with Crippen LogP contribution in [0.1, 0.15) is 34.9 Å². The number of hydrogen-bond donors (Lipinski definition) is 0. The largest absolute Gasteiger partial charge is 0.354 e. The van der Waals surface area contributed by atoms with Crippen molar-refractivity contribution < 1.29 is 0 Å². The topological polar surface area (TPSA) is 19.4 Å². The first-order chi connectivity index (χ1) is 10.6. The van der Waals surface area contributed by atoms with E-state index in [0.29, 0.717) is 11.2 Å². The van der Waals surface area contributed by atoms with Crippen molar-refractivity contribution in [1.82, 2.24) is 9.88 Å². The summed E-state index contributed by atoms with van der Waals surface area (Å²) in [5.74, 6) is 0. The second kappa shape index (κ2) is 6.57. The van der Waals surface area contributed by atoms with Gasteiger partial charge in [-0.25, -0.2) is 4.98 Å². The van der Waals surface area contributed by atoms with E-state index in [1.165, 1.54) is 30.4 Å². The minimum atomic E-state index is 0.478. The predicted octanol–water partition coefficient (Wildman–Crippen LogP) is 4.37. The number of rotatable bonds is 4. The number of thiazole rings is 1. The average molecular weight is 336 g/mol. The van der Waals surface area contributed by atoms with E-state index in [2.05, 4.69) is 41.2 Å². The summed E-state index contributed by atoms with van der Waals surface area (Å²) in [4.78, 5) is 10.0. The van der Waals surface area contributed by atoms with E-state index < -0.39 is 0 Å². The Bertz CT molecular complexity index is 653. The summed E-state index contributed by atoms with van der Waals surface area (Å²) in [6.45, 7) is 0.851. The molecular weight excluding hydrogens is 314 g/mol. The van der Waals surface area contributed by atoms with Crippen molar-refractivity contribution >= 4 is 28.1 Å². The van der Waals surface area contributed by atoms with Crippen LogP contribution in [0, 0.1) is 0 Å². The van der Waals surface area contributed by atoms with Crippen LogP contribution < -0.4 is 4.90 Å². The minimum Gasteiger partial charge on any atom is -0.354 e. The summed E-state index contributed by atoms with van der Waals surface area (Å²) in [6.07, 6.45) is 3.67. The Morgan fingerprint density at radius 2 is 2.05 bits per heavy atom. The molecule has 1 aliphatic carbocycles. The van der Waals surface area contributed by atoms with Gasteiger partial charge in [-0.3, -0.25) is 4.90 Å². The Morgan fingerprint density at radius 3 is 2.77 bits per heavy atom. The second-order valence-electron chi connectivity index (χ2n) is 6.13. The molecule has 0 bridgehead atoms. The Kier molecular flexibility index (Phi) is 4.71. The number of aryl methyl sites for hydroxylation is 1. The first kappa shape index (κ1) is 15.8. The zero-order chi connectivity index (χ0) is 15.7. The number of aromatic nitrogens is 1. The van der Waals surface area contributed by atoms with E-state index >= 15 is 0 Å². The van der Waals surface area contributed by atoms with Crippen molar-refractivity contribution in [3.63, 3.8) is 0 Å². The molecule has 0 fully saturated rings. The Labute approximate surface area is 141 Å². The molecule has 0 unspecified atom stereocenters. The highest BCUT2D eigenvalue weighted by Crippen LogP contribution is 2.36. The molecule has 118 valence electrons. The maximum absolute atomic E-state index is 6.32. The summed E-state index contributed by atoms with van der Waals surface area (Å²) in [7, 11) is 6.19. The molecule has 3 rings (SSSR count). The van der Waals surface area contributed by atoms with Crippen molar-refractivity contribution in [2.75, 3.05) is 26.0 Å². The molecule has 22 heavy (non-hydrogen) atoms. The zero-order valence-corrected chi connectivity index (χ0v) is 14.9. The van der Waals surface area contributed by atoms with Gasteiger partial charge in [0.1, 0.15) is 5.15 Å². The number of anilines is 1. The first-order valence-corrected chi connectivity index (χ1v) is 8.86. The maximum atomic E-state index is 6.32. The number of halogens is 1. The van der Waals surface area contributed by atoms with Gasteiger partial charge in [-0.15, -0.1) is 0 Å². The molecule has 0 saturated heterocycles. The van der Waals surface area contributed by atoms with Gasteiger partial charge in [0.15, 0.2) is 5.13 Å². The lowest BCUT2D eigenvalue weighted by molar-refractivity contribution is 0.215. The van der Waals surface area contributed by atoms with Gasteiger partial charge < -0.3 is 4.90 Å². The van der Waals surface area contributed by atoms with Crippen LogP contribution in [-0.4, -0.2) is 31.0 Å². The molecule has 1 aromatic carbocycles.